The van der Waals surface area contributed by atoms with E-state index in [9.17, 15) is 4.39 Å². The van der Waals surface area contributed by atoms with Gasteiger partial charge in [0.1, 0.15) is 5.82 Å². The van der Waals surface area contributed by atoms with Crippen LogP contribution in [0.1, 0.15) is 10.4 Å². The van der Waals surface area contributed by atoms with Crippen LogP contribution in [-0.2, 0) is 12.8 Å². The average Bonchev–Trinajstić information content (AvgIpc) is 2.77. The lowest BCUT2D eigenvalue weighted by Gasteiger charge is -2.13. The van der Waals surface area contributed by atoms with E-state index in [0.29, 0.717) is 5.92 Å². The zero-order chi connectivity index (χ0) is 13.0. The van der Waals surface area contributed by atoms with Gasteiger partial charge in [-0.15, -0.1) is 11.3 Å². The van der Waals surface area contributed by atoms with Gasteiger partial charge in [-0.1, -0.05) is 28.1 Å². The van der Waals surface area contributed by atoms with Crippen LogP contribution in [0.5, 0.6) is 0 Å². The van der Waals surface area contributed by atoms with E-state index in [1.165, 1.54) is 27.0 Å². The number of hydrogen-bond acceptors (Lipinski definition) is 1. The molecule has 2 aromatic rings. The number of alkyl halides is 1. The summed E-state index contributed by atoms with van der Waals surface area (Å²) < 4.78 is 14.0. The number of hydrogen-bond donors (Lipinski definition) is 0. The molecule has 96 valence electrons. The highest BCUT2D eigenvalue weighted by atomic mass is 79.9. The van der Waals surface area contributed by atoms with Crippen molar-refractivity contribution in [3.63, 3.8) is 0 Å². The molecule has 0 aliphatic heterocycles. The Bertz CT molecular complexity index is 493. The van der Waals surface area contributed by atoms with E-state index in [-0.39, 0.29) is 5.82 Å². The van der Waals surface area contributed by atoms with E-state index in [4.69, 9.17) is 0 Å². The Morgan fingerprint density at radius 1 is 1.11 bits per heavy atom. The monoisotopic (exact) mass is 390 g/mol. The van der Waals surface area contributed by atoms with Crippen LogP contribution < -0.4 is 0 Å². The van der Waals surface area contributed by atoms with Gasteiger partial charge in [0, 0.05) is 14.7 Å². The SMILES string of the molecule is Fc1ccc(CC(CBr)Cc2sccc2Br)cc1. The molecule has 1 aromatic carbocycles. The molecule has 0 aliphatic rings. The van der Waals surface area contributed by atoms with E-state index in [0.717, 1.165) is 18.2 Å². The molecule has 1 aromatic heterocycles. The van der Waals surface area contributed by atoms with Crippen molar-refractivity contribution in [2.75, 3.05) is 5.33 Å². The molecule has 0 N–H and O–H groups in total. The van der Waals surface area contributed by atoms with Crippen LogP contribution in [0, 0.1) is 11.7 Å². The first-order valence-corrected chi connectivity index (χ1v) is 8.50. The predicted octanol–water partition coefficient (Wildman–Crippen LogP) is 5.45. The third kappa shape index (κ3) is 3.90. The molecule has 18 heavy (non-hydrogen) atoms. The molecule has 1 heterocycles. The van der Waals surface area contributed by atoms with Crippen molar-refractivity contribution < 1.29 is 4.39 Å². The molecule has 0 nitrogen and oxygen atoms in total. The summed E-state index contributed by atoms with van der Waals surface area (Å²) in [7, 11) is 0. The molecular weight excluding hydrogens is 379 g/mol. The van der Waals surface area contributed by atoms with Crippen molar-refractivity contribution in [3.05, 3.63) is 56.4 Å². The summed E-state index contributed by atoms with van der Waals surface area (Å²) >= 11 is 8.92. The Morgan fingerprint density at radius 3 is 2.39 bits per heavy atom. The molecular formula is C14H13Br2FS. The van der Waals surface area contributed by atoms with Crippen molar-refractivity contribution in [1.82, 2.24) is 0 Å². The molecule has 0 fully saturated rings. The van der Waals surface area contributed by atoms with Crippen molar-refractivity contribution in [3.8, 4) is 0 Å². The van der Waals surface area contributed by atoms with Crippen molar-refractivity contribution in [2.24, 2.45) is 5.92 Å². The van der Waals surface area contributed by atoms with Crippen LogP contribution in [0.4, 0.5) is 4.39 Å². The minimum Gasteiger partial charge on any atom is -0.207 e. The third-order valence-electron chi connectivity index (χ3n) is 2.82. The highest BCUT2D eigenvalue weighted by molar-refractivity contribution is 9.10. The van der Waals surface area contributed by atoms with Gasteiger partial charge < -0.3 is 0 Å². The van der Waals surface area contributed by atoms with Gasteiger partial charge in [-0.3, -0.25) is 0 Å². The quantitative estimate of drug-likeness (QED) is 0.594. The summed E-state index contributed by atoms with van der Waals surface area (Å²) in [4.78, 5) is 1.38. The Labute approximate surface area is 127 Å². The molecule has 0 aliphatic carbocycles. The van der Waals surface area contributed by atoms with E-state index in [1.54, 1.807) is 11.3 Å². The number of benzene rings is 1. The first-order valence-electron chi connectivity index (χ1n) is 5.71. The van der Waals surface area contributed by atoms with Gasteiger partial charge in [-0.25, -0.2) is 4.39 Å². The lowest BCUT2D eigenvalue weighted by molar-refractivity contribution is 0.591. The largest absolute Gasteiger partial charge is 0.207 e. The third-order valence-corrected chi connectivity index (χ3v) is 5.69. The van der Waals surface area contributed by atoms with Crippen molar-refractivity contribution in [2.45, 2.75) is 12.8 Å². The molecule has 2 rings (SSSR count). The van der Waals surface area contributed by atoms with Crippen molar-refractivity contribution in [1.29, 1.82) is 0 Å². The van der Waals surface area contributed by atoms with Crippen LogP contribution in [-0.4, -0.2) is 5.33 Å². The van der Waals surface area contributed by atoms with Crippen molar-refractivity contribution >= 4 is 43.2 Å². The summed E-state index contributed by atoms with van der Waals surface area (Å²) in [6, 6.07) is 8.88. The Balaban J connectivity index is 2.01. The van der Waals surface area contributed by atoms with Gasteiger partial charge in [-0.2, -0.15) is 0 Å². The van der Waals surface area contributed by atoms with Gasteiger partial charge in [0.05, 0.1) is 0 Å². The smallest absolute Gasteiger partial charge is 0.123 e. The topological polar surface area (TPSA) is 0 Å². The highest BCUT2D eigenvalue weighted by Gasteiger charge is 2.12. The van der Waals surface area contributed by atoms with Gasteiger partial charge in [-0.05, 0) is 63.8 Å². The minimum atomic E-state index is -0.171. The van der Waals surface area contributed by atoms with Crippen LogP contribution >= 0.6 is 43.2 Å². The van der Waals surface area contributed by atoms with Crippen LogP contribution in [0.25, 0.3) is 0 Å². The fourth-order valence-corrected chi connectivity index (χ4v) is 3.96. The maximum Gasteiger partial charge on any atom is 0.123 e. The lowest BCUT2D eigenvalue weighted by Crippen LogP contribution is -2.09. The van der Waals surface area contributed by atoms with Gasteiger partial charge in [0.25, 0.3) is 0 Å². The Kier molecular flexibility index (Phi) is 5.39. The maximum atomic E-state index is 12.9. The normalized spacial score (nSPS) is 12.6. The summed E-state index contributed by atoms with van der Waals surface area (Å²) in [5.41, 5.74) is 1.19. The summed E-state index contributed by atoms with van der Waals surface area (Å²) in [6.45, 7) is 0. The highest BCUT2D eigenvalue weighted by Crippen LogP contribution is 2.27. The average molecular weight is 392 g/mol. The minimum absolute atomic E-state index is 0.171. The first kappa shape index (κ1) is 14.2. The second kappa shape index (κ2) is 6.83. The molecule has 0 saturated carbocycles. The van der Waals surface area contributed by atoms with Crippen LogP contribution in [0.3, 0.4) is 0 Å². The fourth-order valence-electron chi connectivity index (χ4n) is 1.87. The first-order chi connectivity index (χ1) is 8.69. The second-order valence-corrected chi connectivity index (χ2v) is 6.75. The summed E-state index contributed by atoms with van der Waals surface area (Å²) in [5.74, 6) is 0.362. The Morgan fingerprint density at radius 2 is 1.83 bits per heavy atom. The van der Waals surface area contributed by atoms with Gasteiger partial charge in [0.15, 0.2) is 0 Å². The molecule has 0 saturated heterocycles. The summed E-state index contributed by atoms with van der Waals surface area (Å²) in [6.07, 6.45) is 2.01. The standard InChI is InChI=1S/C14H13Br2FS/c15-9-11(8-14-13(16)5-6-18-14)7-10-1-3-12(17)4-2-10/h1-6,11H,7-9H2. The Hall–Kier alpha value is -0.190. The van der Waals surface area contributed by atoms with Crippen LogP contribution in [0.2, 0.25) is 0 Å². The molecule has 1 atom stereocenters. The molecule has 0 radical (unpaired) electrons. The molecule has 0 bridgehead atoms. The van der Waals surface area contributed by atoms with E-state index in [1.807, 2.05) is 12.1 Å². The molecule has 1 unspecified atom stereocenters. The predicted molar refractivity (Wildman–Crippen MR) is 83.1 cm³/mol. The van der Waals surface area contributed by atoms with E-state index >= 15 is 0 Å². The molecule has 0 amide bonds. The van der Waals surface area contributed by atoms with Gasteiger partial charge in [0.2, 0.25) is 0 Å². The number of thiophene rings is 1. The second-order valence-electron chi connectivity index (χ2n) is 4.25. The maximum absolute atomic E-state index is 12.9. The van der Waals surface area contributed by atoms with Crippen LogP contribution in [0.15, 0.2) is 40.2 Å². The fraction of sp³-hybridized carbons (Fsp3) is 0.286. The van der Waals surface area contributed by atoms with Gasteiger partial charge >= 0.3 is 0 Å². The summed E-state index contributed by atoms with van der Waals surface area (Å²) in [5, 5.41) is 3.05. The van der Waals surface area contributed by atoms with E-state index in [2.05, 4.69) is 43.3 Å². The van der Waals surface area contributed by atoms with E-state index < -0.39 is 0 Å². The number of halogens is 3. The lowest BCUT2D eigenvalue weighted by atomic mass is 9.97. The molecule has 0 spiro atoms. The zero-order valence-electron chi connectivity index (χ0n) is 9.70. The number of rotatable bonds is 5. The zero-order valence-corrected chi connectivity index (χ0v) is 13.7. The molecule has 4 heteroatoms.